The fourth-order valence-corrected chi connectivity index (χ4v) is 3.95. The van der Waals surface area contributed by atoms with E-state index >= 15 is 0 Å². The van der Waals surface area contributed by atoms with E-state index in [9.17, 15) is 24.8 Å². The molecule has 0 radical (unpaired) electrons. The van der Waals surface area contributed by atoms with Crippen molar-refractivity contribution in [3.05, 3.63) is 86.8 Å². The molecule has 174 valence electrons. The van der Waals surface area contributed by atoms with Crippen LogP contribution >= 0.6 is 11.6 Å². The Kier molecular flexibility index (Phi) is 6.94. The van der Waals surface area contributed by atoms with Crippen LogP contribution in [-0.2, 0) is 19.1 Å². The minimum absolute atomic E-state index is 0.0905. The molecule has 1 aliphatic heterocycles. The second-order valence-electron chi connectivity index (χ2n) is 7.26. The number of rotatable bonds is 5. The number of nitrogens with zero attached hydrogens (tertiary/aromatic N) is 2. The average Bonchev–Trinajstić information content (AvgIpc) is 2.84. The molecule has 3 N–H and O–H groups in total. The van der Waals surface area contributed by atoms with E-state index in [-0.39, 0.29) is 38.9 Å². The Hall–Kier alpha value is -4.29. The van der Waals surface area contributed by atoms with Gasteiger partial charge in [-0.25, -0.2) is 14.4 Å². The van der Waals surface area contributed by atoms with Crippen LogP contribution in [0.1, 0.15) is 27.4 Å². The number of methoxy groups -OCH3 is 2. The molecule has 2 aromatic rings. The highest BCUT2D eigenvalue weighted by Crippen LogP contribution is 2.44. The van der Waals surface area contributed by atoms with E-state index in [0.29, 0.717) is 11.1 Å². The number of hydrogen-bond acceptors (Lipinski definition) is 8. The van der Waals surface area contributed by atoms with E-state index in [1.54, 1.807) is 37.3 Å². The summed E-state index contributed by atoms with van der Waals surface area (Å²) in [7, 11) is 2.22. The third-order valence-corrected chi connectivity index (χ3v) is 5.77. The van der Waals surface area contributed by atoms with Gasteiger partial charge in [0.1, 0.15) is 11.5 Å². The Morgan fingerprint density at radius 3 is 2.26 bits per heavy atom. The molecule has 1 aliphatic rings. The molecule has 10 heteroatoms. The lowest BCUT2D eigenvalue weighted by Crippen LogP contribution is -2.41. The number of aromatic carboxylic acids is 1. The van der Waals surface area contributed by atoms with Crippen molar-refractivity contribution in [2.45, 2.75) is 12.8 Å². The SMILES string of the molecule is COC(=O)C1=C(C(=O)OC)N(c2cc(Cl)c(C)cc2C(=O)O)C(N)=C(C#N)C1c1ccccc1. The van der Waals surface area contributed by atoms with Gasteiger partial charge in [0.05, 0.1) is 48.6 Å². The Balaban J connectivity index is 2.51. The van der Waals surface area contributed by atoms with Crippen LogP contribution in [0, 0.1) is 18.3 Å². The number of hydrogen-bond donors (Lipinski definition) is 2. The average molecular weight is 482 g/mol. The Bertz CT molecular complexity index is 1290. The molecule has 0 fully saturated rings. The Morgan fingerprint density at radius 2 is 1.74 bits per heavy atom. The highest BCUT2D eigenvalue weighted by Gasteiger charge is 2.43. The maximum absolute atomic E-state index is 13.1. The van der Waals surface area contributed by atoms with E-state index in [0.717, 1.165) is 19.1 Å². The molecule has 34 heavy (non-hydrogen) atoms. The van der Waals surface area contributed by atoms with Gasteiger partial charge in [-0.1, -0.05) is 41.9 Å². The molecule has 0 spiro atoms. The number of anilines is 1. The normalized spacial score (nSPS) is 15.6. The molecular formula is C24H20ClN3O6. The van der Waals surface area contributed by atoms with E-state index in [4.69, 9.17) is 26.8 Å². The van der Waals surface area contributed by atoms with Gasteiger partial charge in [-0.2, -0.15) is 5.26 Å². The minimum Gasteiger partial charge on any atom is -0.478 e. The molecule has 0 saturated carbocycles. The van der Waals surface area contributed by atoms with Crippen LogP contribution in [0.15, 0.2) is 65.1 Å². The molecule has 1 unspecified atom stereocenters. The predicted octanol–water partition coefficient (Wildman–Crippen LogP) is 3.24. The molecule has 9 nitrogen and oxygen atoms in total. The third kappa shape index (κ3) is 4.07. The Labute approximate surface area is 200 Å². The molecule has 0 aromatic heterocycles. The topological polar surface area (TPSA) is 143 Å². The maximum atomic E-state index is 13.1. The summed E-state index contributed by atoms with van der Waals surface area (Å²) in [5.74, 6) is -4.58. The molecule has 0 saturated heterocycles. The van der Waals surface area contributed by atoms with Gasteiger partial charge in [-0.05, 0) is 30.2 Å². The van der Waals surface area contributed by atoms with Crippen molar-refractivity contribution in [2.75, 3.05) is 19.1 Å². The van der Waals surface area contributed by atoms with Crippen molar-refractivity contribution in [1.29, 1.82) is 5.26 Å². The minimum atomic E-state index is -1.34. The molecule has 2 aromatic carbocycles. The summed E-state index contributed by atoms with van der Waals surface area (Å²) < 4.78 is 9.89. The summed E-state index contributed by atoms with van der Waals surface area (Å²) >= 11 is 6.27. The van der Waals surface area contributed by atoms with Crippen LogP contribution in [0.2, 0.25) is 5.02 Å². The quantitative estimate of drug-likeness (QED) is 0.615. The monoisotopic (exact) mass is 481 g/mol. The van der Waals surface area contributed by atoms with E-state index < -0.39 is 23.8 Å². The van der Waals surface area contributed by atoms with Crippen molar-refractivity contribution in [2.24, 2.45) is 5.73 Å². The summed E-state index contributed by atoms with van der Waals surface area (Å²) in [6.07, 6.45) is 0. The number of ether oxygens (including phenoxy) is 2. The van der Waals surface area contributed by atoms with Crippen molar-refractivity contribution in [1.82, 2.24) is 0 Å². The number of esters is 2. The standard InChI is InChI=1S/C24H20ClN3O6/c1-12-9-14(22(29)30)17(10-16(12)25)28-20(24(32)34-3)19(23(31)33-2)18(15(11-26)21(28)27)13-7-5-4-6-8-13/h4-10,18H,27H2,1-3H3,(H,29,30). The van der Waals surface area contributed by atoms with Crippen LogP contribution in [0.4, 0.5) is 5.69 Å². The molecule has 0 bridgehead atoms. The first-order valence-corrected chi connectivity index (χ1v) is 10.2. The van der Waals surface area contributed by atoms with E-state index in [2.05, 4.69) is 0 Å². The number of aryl methyl sites for hydroxylation is 1. The second-order valence-corrected chi connectivity index (χ2v) is 7.67. The van der Waals surface area contributed by atoms with Crippen molar-refractivity contribution < 1.29 is 29.0 Å². The fourth-order valence-electron chi connectivity index (χ4n) is 3.79. The number of carboxylic acid groups (broad SMARTS) is 1. The molecule has 1 atom stereocenters. The number of nitriles is 1. The first kappa shape index (κ1) is 24.4. The van der Waals surface area contributed by atoms with E-state index in [1.807, 2.05) is 6.07 Å². The molecule has 0 amide bonds. The lowest BCUT2D eigenvalue weighted by molar-refractivity contribution is -0.139. The second kappa shape index (κ2) is 9.68. The first-order chi connectivity index (χ1) is 16.2. The van der Waals surface area contributed by atoms with Gasteiger partial charge in [0.25, 0.3) is 0 Å². The zero-order chi connectivity index (χ0) is 25.2. The largest absolute Gasteiger partial charge is 0.478 e. The van der Waals surface area contributed by atoms with Gasteiger partial charge in [0.15, 0.2) is 0 Å². The maximum Gasteiger partial charge on any atom is 0.355 e. The van der Waals surface area contributed by atoms with Crippen LogP contribution in [0.3, 0.4) is 0 Å². The molecule has 0 aliphatic carbocycles. The summed E-state index contributed by atoms with van der Waals surface area (Å²) in [5, 5.41) is 20.1. The molecule has 1 heterocycles. The molecule has 3 rings (SSSR count). The number of halogens is 1. The zero-order valence-electron chi connectivity index (χ0n) is 18.5. The lowest BCUT2D eigenvalue weighted by Gasteiger charge is -2.36. The third-order valence-electron chi connectivity index (χ3n) is 5.36. The highest BCUT2D eigenvalue weighted by molar-refractivity contribution is 6.32. The Morgan fingerprint density at radius 1 is 1.12 bits per heavy atom. The van der Waals surface area contributed by atoms with E-state index in [1.165, 1.54) is 12.1 Å². The number of carbonyl (C=O) groups excluding carboxylic acids is 2. The van der Waals surface area contributed by atoms with Gasteiger partial charge < -0.3 is 20.3 Å². The van der Waals surface area contributed by atoms with Crippen molar-refractivity contribution in [3.63, 3.8) is 0 Å². The fraction of sp³-hybridized carbons (Fsp3) is 0.167. The van der Waals surface area contributed by atoms with Gasteiger partial charge in [-0.3, -0.25) is 4.90 Å². The number of allylic oxidation sites excluding steroid dienone is 1. The van der Waals surface area contributed by atoms with Gasteiger partial charge in [-0.15, -0.1) is 0 Å². The van der Waals surface area contributed by atoms with Gasteiger partial charge in [0, 0.05) is 5.02 Å². The lowest BCUT2D eigenvalue weighted by atomic mass is 9.80. The molecular weight excluding hydrogens is 462 g/mol. The van der Waals surface area contributed by atoms with Crippen LogP contribution in [-0.4, -0.2) is 37.2 Å². The summed E-state index contributed by atoms with van der Waals surface area (Å²) in [4.78, 5) is 39.2. The van der Waals surface area contributed by atoms with Crippen molar-refractivity contribution in [3.8, 4) is 6.07 Å². The van der Waals surface area contributed by atoms with Crippen LogP contribution in [0.5, 0.6) is 0 Å². The highest BCUT2D eigenvalue weighted by atomic mass is 35.5. The van der Waals surface area contributed by atoms with Crippen LogP contribution in [0.25, 0.3) is 0 Å². The number of carboxylic acids is 1. The number of carbonyl (C=O) groups is 3. The van der Waals surface area contributed by atoms with Gasteiger partial charge in [0.2, 0.25) is 0 Å². The summed E-state index contributed by atoms with van der Waals surface area (Å²) in [5.41, 5.74) is 6.24. The summed E-state index contributed by atoms with van der Waals surface area (Å²) in [6.45, 7) is 1.61. The number of benzene rings is 2. The smallest absolute Gasteiger partial charge is 0.355 e. The predicted molar refractivity (Wildman–Crippen MR) is 123 cm³/mol. The number of nitrogens with two attached hydrogens (primary N) is 1. The zero-order valence-corrected chi connectivity index (χ0v) is 19.2. The van der Waals surface area contributed by atoms with Crippen LogP contribution < -0.4 is 10.6 Å². The van der Waals surface area contributed by atoms with Crippen molar-refractivity contribution >= 4 is 35.2 Å². The summed E-state index contributed by atoms with van der Waals surface area (Å²) in [6, 6.07) is 13.1. The first-order valence-electron chi connectivity index (χ1n) is 9.86. The van der Waals surface area contributed by atoms with Gasteiger partial charge >= 0.3 is 17.9 Å².